The van der Waals surface area contributed by atoms with Crippen molar-refractivity contribution in [2.75, 3.05) is 26.4 Å². The SMILES string of the molecule is CC[C@H](c1nnc(SCCN2C(=O)c3ccccc3C2=O)n1Cc1ccccc1)[NH+](C)C. The Morgan fingerprint density at radius 2 is 1.56 bits per heavy atom. The van der Waals surface area contributed by atoms with Crippen LogP contribution in [-0.4, -0.2) is 57.9 Å². The summed E-state index contributed by atoms with van der Waals surface area (Å²) in [6, 6.07) is 17.5. The van der Waals surface area contributed by atoms with Gasteiger partial charge in [0.25, 0.3) is 11.8 Å². The van der Waals surface area contributed by atoms with Crippen molar-refractivity contribution < 1.29 is 14.5 Å². The van der Waals surface area contributed by atoms with Gasteiger partial charge in [-0.25, -0.2) is 0 Å². The Bertz CT molecular complexity index is 1080. The van der Waals surface area contributed by atoms with Crippen molar-refractivity contribution in [3.8, 4) is 0 Å². The van der Waals surface area contributed by atoms with E-state index >= 15 is 0 Å². The molecule has 0 fully saturated rings. The van der Waals surface area contributed by atoms with Crippen LogP contribution in [0.4, 0.5) is 0 Å². The van der Waals surface area contributed by atoms with Gasteiger partial charge in [0, 0.05) is 18.7 Å². The van der Waals surface area contributed by atoms with Gasteiger partial charge in [-0.1, -0.05) is 61.2 Å². The lowest BCUT2D eigenvalue weighted by molar-refractivity contribution is -0.893. The van der Waals surface area contributed by atoms with Gasteiger partial charge >= 0.3 is 0 Å². The summed E-state index contributed by atoms with van der Waals surface area (Å²) in [6.45, 7) is 3.18. The molecule has 1 aromatic heterocycles. The van der Waals surface area contributed by atoms with Gasteiger partial charge in [-0.15, -0.1) is 10.2 Å². The molecule has 2 heterocycles. The fourth-order valence-corrected chi connectivity index (χ4v) is 4.97. The molecule has 8 heteroatoms. The normalized spacial score (nSPS) is 14.3. The molecule has 0 saturated heterocycles. The quantitative estimate of drug-likeness (QED) is 0.400. The molecule has 1 N–H and O–H groups in total. The summed E-state index contributed by atoms with van der Waals surface area (Å²) in [5.74, 6) is 1.07. The number of fused-ring (bicyclic) bond motifs is 1. The Hall–Kier alpha value is -2.97. The van der Waals surface area contributed by atoms with Crippen LogP contribution in [-0.2, 0) is 6.54 Å². The Morgan fingerprint density at radius 3 is 2.16 bits per heavy atom. The van der Waals surface area contributed by atoms with E-state index in [9.17, 15) is 9.59 Å². The first-order valence-corrected chi connectivity index (χ1v) is 11.8. The van der Waals surface area contributed by atoms with Gasteiger partial charge in [0.2, 0.25) is 0 Å². The molecule has 0 spiro atoms. The van der Waals surface area contributed by atoms with Crippen LogP contribution < -0.4 is 4.90 Å². The average molecular weight is 451 g/mol. The van der Waals surface area contributed by atoms with E-state index in [1.54, 1.807) is 24.3 Å². The number of amides is 2. The number of hydrogen-bond donors (Lipinski definition) is 1. The monoisotopic (exact) mass is 450 g/mol. The molecule has 0 bridgehead atoms. The van der Waals surface area contributed by atoms with Gasteiger partial charge in [-0.2, -0.15) is 0 Å². The molecule has 1 aliphatic heterocycles. The first-order chi connectivity index (χ1) is 15.5. The summed E-state index contributed by atoms with van der Waals surface area (Å²) >= 11 is 1.53. The van der Waals surface area contributed by atoms with Crippen LogP contribution in [0.5, 0.6) is 0 Å². The molecule has 3 aromatic rings. The maximum absolute atomic E-state index is 12.6. The highest BCUT2D eigenvalue weighted by molar-refractivity contribution is 7.99. The highest BCUT2D eigenvalue weighted by Crippen LogP contribution is 2.25. The lowest BCUT2D eigenvalue weighted by atomic mass is 10.1. The summed E-state index contributed by atoms with van der Waals surface area (Å²) in [6.07, 6.45) is 0.953. The number of benzene rings is 2. The number of carbonyl (C=O) groups is 2. The molecule has 2 amide bonds. The fourth-order valence-electron chi connectivity index (χ4n) is 4.10. The van der Waals surface area contributed by atoms with Gasteiger partial charge in [0.05, 0.1) is 31.8 Å². The lowest BCUT2D eigenvalue weighted by Gasteiger charge is -2.20. The second-order valence-electron chi connectivity index (χ2n) is 8.11. The first-order valence-electron chi connectivity index (χ1n) is 10.9. The zero-order valence-electron chi connectivity index (χ0n) is 18.6. The Balaban J connectivity index is 1.52. The van der Waals surface area contributed by atoms with Gasteiger partial charge in [0.15, 0.2) is 11.0 Å². The van der Waals surface area contributed by atoms with Crippen LogP contribution in [0.3, 0.4) is 0 Å². The number of imide groups is 1. The third-order valence-electron chi connectivity index (χ3n) is 5.77. The maximum Gasteiger partial charge on any atom is 0.261 e. The molecule has 0 unspecified atom stereocenters. The van der Waals surface area contributed by atoms with E-state index in [1.807, 2.05) is 18.2 Å². The molecule has 2 aromatic carbocycles. The van der Waals surface area contributed by atoms with Crippen LogP contribution in [0, 0.1) is 0 Å². The number of thioether (sulfide) groups is 1. The number of carbonyl (C=O) groups excluding carboxylic acids is 2. The van der Waals surface area contributed by atoms with E-state index < -0.39 is 0 Å². The van der Waals surface area contributed by atoms with Crippen molar-refractivity contribution >= 4 is 23.6 Å². The van der Waals surface area contributed by atoms with Crippen molar-refractivity contribution in [2.24, 2.45) is 0 Å². The number of rotatable bonds is 9. The molecular weight excluding hydrogens is 422 g/mol. The molecular formula is C24H28N5O2S+. The van der Waals surface area contributed by atoms with Crippen molar-refractivity contribution in [2.45, 2.75) is 31.1 Å². The number of quaternary nitrogens is 1. The summed E-state index contributed by atoms with van der Waals surface area (Å²) in [5.41, 5.74) is 2.15. The molecule has 0 saturated carbocycles. The lowest BCUT2D eigenvalue weighted by Crippen LogP contribution is -3.06. The predicted molar refractivity (Wildman–Crippen MR) is 124 cm³/mol. The summed E-state index contributed by atoms with van der Waals surface area (Å²) < 4.78 is 2.17. The van der Waals surface area contributed by atoms with Crippen molar-refractivity contribution in [1.82, 2.24) is 19.7 Å². The standard InChI is InChI=1S/C24H27N5O2S/c1-4-20(27(2)3)21-25-26-24(29(21)16-17-10-6-5-7-11-17)32-15-14-28-22(30)18-12-8-9-13-19(18)23(28)31/h5-13,20H,4,14-16H2,1-3H3/p+1/t20-/m1/s1. The molecule has 4 rings (SSSR count). The van der Waals surface area contributed by atoms with Crippen LogP contribution in [0.2, 0.25) is 0 Å². The van der Waals surface area contributed by atoms with Crippen molar-refractivity contribution in [3.05, 3.63) is 77.1 Å². The van der Waals surface area contributed by atoms with E-state index in [2.05, 4.69) is 47.9 Å². The fraction of sp³-hybridized carbons (Fsp3) is 0.333. The van der Waals surface area contributed by atoms with Crippen molar-refractivity contribution in [1.29, 1.82) is 0 Å². The zero-order chi connectivity index (χ0) is 22.7. The van der Waals surface area contributed by atoms with E-state index in [-0.39, 0.29) is 17.9 Å². The Kier molecular flexibility index (Phi) is 6.72. The summed E-state index contributed by atoms with van der Waals surface area (Å²) in [4.78, 5) is 27.9. The highest BCUT2D eigenvalue weighted by Gasteiger charge is 2.34. The van der Waals surface area contributed by atoms with Crippen LogP contribution in [0.25, 0.3) is 0 Å². The largest absolute Gasteiger partial charge is 0.331 e. The Labute approximate surface area is 192 Å². The molecule has 32 heavy (non-hydrogen) atoms. The summed E-state index contributed by atoms with van der Waals surface area (Å²) in [7, 11) is 4.26. The van der Waals surface area contributed by atoms with Crippen molar-refractivity contribution in [3.63, 3.8) is 0 Å². The smallest absolute Gasteiger partial charge is 0.261 e. The number of aromatic nitrogens is 3. The molecule has 0 radical (unpaired) electrons. The predicted octanol–water partition coefficient (Wildman–Crippen LogP) is 2.31. The van der Waals surface area contributed by atoms with E-state index in [1.165, 1.54) is 27.1 Å². The maximum atomic E-state index is 12.6. The van der Waals surface area contributed by atoms with Crippen LogP contribution in [0.1, 0.15) is 51.5 Å². The van der Waals surface area contributed by atoms with Gasteiger partial charge in [-0.05, 0) is 17.7 Å². The second kappa shape index (κ2) is 9.67. The molecule has 0 aliphatic carbocycles. The minimum absolute atomic E-state index is 0.222. The second-order valence-corrected chi connectivity index (χ2v) is 9.17. The van der Waals surface area contributed by atoms with Crippen LogP contribution >= 0.6 is 11.8 Å². The molecule has 1 atom stereocenters. The molecule has 7 nitrogen and oxygen atoms in total. The minimum Gasteiger partial charge on any atom is -0.331 e. The molecule has 166 valence electrons. The Morgan fingerprint density at radius 1 is 0.938 bits per heavy atom. The zero-order valence-corrected chi connectivity index (χ0v) is 19.4. The van der Waals surface area contributed by atoms with E-state index in [0.29, 0.717) is 30.0 Å². The first kappa shape index (κ1) is 22.2. The molecule has 1 aliphatic rings. The topological polar surface area (TPSA) is 72.5 Å². The summed E-state index contributed by atoms with van der Waals surface area (Å²) in [5, 5.41) is 9.83. The number of nitrogens with zero attached hydrogens (tertiary/aromatic N) is 4. The third-order valence-corrected chi connectivity index (χ3v) is 6.72. The van der Waals surface area contributed by atoms with Gasteiger partial charge in [0.1, 0.15) is 6.04 Å². The highest BCUT2D eigenvalue weighted by atomic mass is 32.2. The average Bonchev–Trinajstić information content (AvgIpc) is 3.29. The van der Waals surface area contributed by atoms with E-state index in [0.717, 1.165) is 17.4 Å². The van der Waals surface area contributed by atoms with E-state index in [4.69, 9.17) is 0 Å². The van der Waals surface area contributed by atoms with Crippen LogP contribution in [0.15, 0.2) is 59.8 Å². The third kappa shape index (κ3) is 4.33. The number of nitrogens with one attached hydrogen (secondary N) is 1. The van der Waals surface area contributed by atoms with Gasteiger partial charge in [-0.3, -0.25) is 19.1 Å². The van der Waals surface area contributed by atoms with Gasteiger partial charge < -0.3 is 4.90 Å². The number of hydrogen-bond acceptors (Lipinski definition) is 5. The minimum atomic E-state index is -0.222.